The number of nitrogens with one attached hydrogen (secondary N) is 1. The van der Waals surface area contributed by atoms with E-state index in [0.29, 0.717) is 5.02 Å². The molecule has 0 spiro atoms. The summed E-state index contributed by atoms with van der Waals surface area (Å²) in [5.41, 5.74) is -0.0857. The maximum Gasteiger partial charge on any atom is 0.435 e. The molecule has 5 nitrogen and oxygen atoms in total. The number of amides is 1. The number of halogens is 5. The van der Waals surface area contributed by atoms with Gasteiger partial charge in [-0.15, -0.1) is 11.3 Å². The molecule has 0 aliphatic heterocycles. The first-order valence-corrected chi connectivity index (χ1v) is 10.8. The van der Waals surface area contributed by atoms with Crippen LogP contribution in [-0.4, -0.2) is 22.3 Å². The van der Waals surface area contributed by atoms with E-state index < -0.39 is 24.4 Å². The molecule has 0 atom stereocenters. The lowest BCUT2D eigenvalue weighted by molar-refractivity contribution is -0.141. The Morgan fingerprint density at radius 1 is 1.16 bits per heavy atom. The number of alkyl halides is 3. The lowest BCUT2D eigenvalue weighted by Crippen LogP contribution is -2.28. The Morgan fingerprint density at radius 3 is 2.69 bits per heavy atom. The van der Waals surface area contributed by atoms with Crippen LogP contribution in [-0.2, 0) is 17.5 Å². The monoisotopic (exact) mass is 499 g/mol. The molecule has 1 amide bonds. The smallest absolute Gasteiger partial charge is 0.435 e. The van der Waals surface area contributed by atoms with Gasteiger partial charge in [0.1, 0.15) is 0 Å². The lowest BCUT2D eigenvalue weighted by Gasteiger charge is -2.10. The number of carbonyl (C=O) groups is 1. The third-order valence-electron chi connectivity index (χ3n) is 4.49. The molecule has 2 aromatic carbocycles. The van der Waals surface area contributed by atoms with Crippen LogP contribution in [0.4, 0.5) is 13.2 Å². The highest BCUT2D eigenvalue weighted by molar-refractivity contribution is 7.17. The number of aromatic nitrogens is 2. The van der Waals surface area contributed by atoms with Gasteiger partial charge in [0, 0.05) is 22.3 Å². The van der Waals surface area contributed by atoms with Crippen molar-refractivity contribution in [2.75, 3.05) is 6.61 Å². The van der Waals surface area contributed by atoms with Gasteiger partial charge in [-0.1, -0.05) is 35.3 Å². The molecule has 0 bridgehead atoms. The molecular formula is C21H14Cl2F3N3O2S. The number of thiophene rings is 1. The lowest BCUT2D eigenvalue weighted by atomic mass is 10.2. The van der Waals surface area contributed by atoms with Crippen molar-refractivity contribution in [1.29, 1.82) is 0 Å². The second kappa shape index (κ2) is 9.01. The summed E-state index contributed by atoms with van der Waals surface area (Å²) in [4.78, 5) is 12.3. The molecule has 11 heteroatoms. The van der Waals surface area contributed by atoms with Crippen LogP contribution in [0.2, 0.25) is 10.0 Å². The number of nitrogens with zero attached hydrogens (tertiary/aromatic N) is 2. The maximum atomic E-state index is 13.2. The maximum absolute atomic E-state index is 13.2. The fraction of sp³-hybridized carbons (Fsp3) is 0.143. The topological polar surface area (TPSA) is 56.1 Å². The minimum Gasteiger partial charge on any atom is -0.467 e. The highest BCUT2D eigenvalue weighted by Gasteiger charge is 2.36. The van der Waals surface area contributed by atoms with Crippen LogP contribution >= 0.6 is 34.5 Å². The van der Waals surface area contributed by atoms with E-state index in [2.05, 4.69) is 10.4 Å². The zero-order chi connectivity index (χ0) is 22.9. The summed E-state index contributed by atoms with van der Waals surface area (Å²) >= 11 is 13.7. The second-order valence-electron chi connectivity index (χ2n) is 6.70. The van der Waals surface area contributed by atoms with Crippen LogP contribution in [0, 0.1) is 0 Å². The molecule has 0 saturated heterocycles. The Labute approximate surface area is 194 Å². The second-order valence-corrected chi connectivity index (χ2v) is 8.45. The Balaban J connectivity index is 1.48. The van der Waals surface area contributed by atoms with Gasteiger partial charge in [0.15, 0.2) is 12.3 Å². The SMILES string of the molecule is O=C(COc1cc(C(F)(F)F)nn1-c1ccccc1Cl)NCc1csc2ccc(Cl)cc12. The van der Waals surface area contributed by atoms with Gasteiger partial charge in [-0.2, -0.15) is 23.0 Å². The van der Waals surface area contributed by atoms with Crippen molar-refractivity contribution in [2.24, 2.45) is 0 Å². The van der Waals surface area contributed by atoms with Crippen LogP contribution in [0.3, 0.4) is 0 Å². The molecule has 1 N–H and O–H groups in total. The molecule has 32 heavy (non-hydrogen) atoms. The van der Waals surface area contributed by atoms with Gasteiger partial charge in [0.05, 0.1) is 10.7 Å². The number of fused-ring (bicyclic) bond motifs is 1. The molecule has 4 rings (SSSR count). The molecule has 4 aromatic rings. The van der Waals surface area contributed by atoms with Gasteiger partial charge in [-0.05, 0) is 46.7 Å². The fourth-order valence-corrected chi connectivity index (χ4v) is 4.31. The highest BCUT2D eigenvalue weighted by atomic mass is 35.5. The van der Waals surface area contributed by atoms with E-state index >= 15 is 0 Å². The van der Waals surface area contributed by atoms with Gasteiger partial charge >= 0.3 is 6.18 Å². The summed E-state index contributed by atoms with van der Waals surface area (Å²) in [5, 5.41) is 9.85. The zero-order valence-electron chi connectivity index (χ0n) is 16.1. The number of hydrogen-bond acceptors (Lipinski definition) is 4. The molecular weight excluding hydrogens is 486 g/mol. The van der Waals surface area contributed by atoms with E-state index in [1.54, 1.807) is 18.2 Å². The Bertz CT molecular complexity index is 1290. The summed E-state index contributed by atoms with van der Waals surface area (Å²) in [6.45, 7) is -0.281. The van der Waals surface area contributed by atoms with Crippen molar-refractivity contribution in [3.8, 4) is 11.6 Å². The van der Waals surface area contributed by atoms with Crippen molar-refractivity contribution in [2.45, 2.75) is 12.7 Å². The number of carbonyl (C=O) groups excluding carboxylic acids is 1. The zero-order valence-corrected chi connectivity index (χ0v) is 18.4. The Kier molecular flexibility index (Phi) is 6.32. The van der Waals surface area contributed by atoms with Crippen molar-refractivity contribution < 1.29 is 22.7 Å². The van der Waals surface area contributed by atoms with Crippen molar-refractivity contribution in [3.05, 3.63) is 75.2 Å². The first-order valence-electron chi connectivity index (χ1n) is 9.19. The quantitative estimate of drug-likeness (QED) is 0.348. The van der Waals surface area contributed by atoms with E-state index in [1.165, 1.54) is 23.5 Å². The average Bonchev–Trinajstić information content (AvgIpc) is 3.35. The molecule has 2 aromatic heterocycles. The van der Waals surface area contributed by atoms with Gasteiger partial charge in [0.25, 0.3) is 5.91 Å². The first-order chi connectivity index (χ1) is 15.2. The highest BCUT2D eigenvalue weighted by Crippen LogP contribution is 2.33. The molecule has 166 valence electrons. The molecule has 2 heterocycles. The summed E-state index contributed by atoms with van der Waals surface area (Å²) in [6, 6.07) is 12.5. The average molecular weight is 500 g/mol. The van der Waals surface area contributed by atoms with E-state index in [1.807, 2.05) is 17.5 Å². The summed E-state index contributed by atoms with van der Waals surface area (Å²) < 4.78 is 46.9. The standard InChI is InChI=1S/C21H14Cl2F3N3O2S/c22-13-5-6-17-14(7-13)12(11-32-17)9-27-19(30)10-31-20-8-18(21(24,25)26)28-29(20)16-4-2-1-3-15(16)23/h1-8,11H,9-10H2,(H,27,30). The van der Waals surface area contributed by atoms with Crippen LogP contribution in [0.15, 0.2) is 53.9 Å². The van der Waals surface area contributed by atoms with Crippen LogP contribution in [0.5, 0.6) is 5.88 Å². The first kappa shape index (κ1) is 22.4. The van der Waals surface area contributed by atoms with E-state index in [-0.39, 0.29) is 23.1 Å². The number of benzene rings is 2. The van der Waals surface area contributed by atoms with Gasteiger partial charge in [0.2, 0.25) is 5.88 Å². The normalized spacial score (nSPS) is 11.7. The van der Waals surface area contributed by atoms with E-state index in [4.69, 9.17) is 27.9 Å². The van der Waals surface area contributed by atoms with Crippen molar-refractivity contribution >= 4 is 50.5 Å². The molecule has 0 fully saturated rings. The molecule has 0 aliphatic rings. The Morgan fingerprint density at radius 2 is 1.94 bits per heavy atom. The van der Waals surface area contributed by atoms with Crippen molar-refractivity contribution in [1.82, 2.24) is 15.1 Å². The third-order valence-corrected chi connectivity index (χ3v) is 6.06. The minimum absolute atomic E-state index is 0.182. The number of hydrogen-bond donors (Lipinski definition) is 1. The largest absolute Gasteiger partial charge is 0.467 e. The molecule has 0 radical (unpaired) electrons. The van der Waals surface area contributed by atoms with Crippen LogP contribution in [0.25, 0.3) is 15.8 Å². The number of ether oxygens (including phenoxy) is 1. The third kappa shape index (κ3) is 4.85. The molecule has 0 saturated carbocycles. The Hall–Kier alpha value is -2.75. The molecule has 0 unspecified atom stereocenters. The summed E-state index contributed by atoms with van der Waals surface area (Å²) in [6.07, 6.45) is -4.69. The van der Waals surface area contributed by atoms with Gasteiger partial charge < -0.3 is 10.1 Å². The molecule has 0 aliphatic carbocycles. The number of para-hydroxylation sites is 1. The van der Waals surface area contributed by atoms with Gasteiger partial charge in [-0.25, -0.2) is 0 Å². The van der Waals surface area contributed by atoms with Crippen molar-refractivity contribution in [3.63, 3.8) is 0 Å². The number of rotatable bonds is 6. The fourth-order valence-electron chi connectivity index (χ4n) is 2.98. The predicted molar refractivity (Wildman–Crippen MR) is 118 cm³/mol. The summed E-state index contributed by atoms with van der Waals surface area (Å²) in [5.74, 6) is -0.764. The van der Waals surface area contributed by atoms with E-state index in [0.717, 1.165) is 26.4 Å². The summed E-state index contributed by atoms with van der Waals surface area (Å²) in [7, 11) is 0. The predicted octanol–water partition coefficient (Wildman–Crippen LogP) is 6.11. The van der Waals surface area contributed by atoms with E-state index in [9.17, 15) is 18.0 Å². The van der Waals surface area contributed by atoms with Gasteiger partial charge in [-0.3, -0.25) is 4.79 Å². The minimum atomic E-state index is -4.69. The van der Waals surface area contributed by atoms with Crippen LogP contribution in [0.1, 0.15) is 11.3 Å². The van der Waals surface area contributed by atoms with Crippen LogP contribution < -0.4 is 10.1 Å².